The van der Waals surface area contributed by atoms with E-state index in [-0.39, 0.29) is 11.8 Å². The van der Waals surface area contributed by atoms with Crippen LogP contribution in [0, 0.1) is 0 Å². The summed E-state index contributed by atoms with van der Waals surface area (Å²) in [6, 6.07) is 17.4. The second kappa shape index (κ2) is 7.79. The number of anilines is 1. The molecule has 2 aromatic carbocycles. The second-order valence-corrected chi connectivity index (χ2v) is 7.85. The fraction of sp³-hybridized carbons (Fsp3) is 0.348. The van der Waals surface area contributed by atoms with Crippen molar-refractivity contribution in [1.29, 1.82) is 0 Å². The van der Waals surface area contributed by atoms with Gasteiger partial charge in [-0.2, -0.15) is 0 Å². The van der Waals surface area contributed by atoms with Gasteiger partial charge in [-0.3, -0.25) is 9.59 Å². The summed E-state index contributed by atoms with van der Waals surface area (Å²) in [6.07, 6.45) is 3.18. The van der Waals surface area contributed by atoms with E-state index in [9.17, 15) is 9.59 Å². The Morgan fingerprint density at radius 2 is 1.72 bits per heavy atom. The molecule has 2 aromatic rings. The summed E-state index contributed by atoms with van der Waals surface area (Å²) in [5.74, 6) is -0.581. The number of aliphatic imine (C=N–C) groups is 1. The van der Waals surface area contributed by atoms with Gasteiger partial charge in [0, 0.05) is 18.2 Å². The molecule has 1 unspecified atom stereocenters. The number of benzene rings is 2. The average molecular weight is 390 g/mol. The lowest BCUT2D eigenvalue weighted by Crippen LogP contribution is -2.59. The molecule has 1 saturated carbocycles. The first-order valence-corrected chi connectivity index (χ1v) is 10.1. The zero-order valence-corrected chi connectivity index (χ0v) is 16.6. The number of likely N-dealkylation sites (N-methyl/N-ethyl adjacent to an activating group) is 1. The SMILES string of the molecule is CN1C(=O)C(NC(=O)C2(N)CCCCC2)N=C(c2ccccc2)c2ccccc21. The van der Waals surface area contributed by atoms with Crippen molar-refractivity contribution in [3.05, 3.63) is 65.7 Å². The van der Waals surface area contributed by atoms with Crippen molar-refractivity contribution in [2.45, 2.75) is 43.8 Å². The maximum absolute atomic E-state index is 13.2. The van der Waals surface area contributed by atoms with Gasteiger partial charge in [-0.25, -0.2) is 4.99 Å². The topological polar surface area (TPSA) is 87.8 Å². The molecule has 6 nitrogen and oxygen atoms in total. The molecule has 2 aliphatic rings. The Morgan fingerprint density at radius 1 is 1.07 bits per heavy atom. The molecule has 3 N–H and O–H groups in total. The third kappa shape index (κ3) is 3.68. The van der Waals surface area contributed by atoms with Gasteiger partial charge < -0.3 is 16.0 Å². The minimum absolute atomic E-state index is 0.281. The molecule has 150 valence electrons. The zero-order valence-electron chi connectivity index (χ0n) is 16.6. The highest BCUT2D eigenvalue weighted by Gasteiger charge is 2.39. The Kier molecular flexibility index (Phi) is 5.20. The van der Waals surface area contributed by atoms with E-state index in [4.69, 9.17) is 10.7 Å². The highest BCUT2D eigenvalue weighted by Crippen LogP contribution is 2.29. The predicted octanol–water partition coefficient (Wildman–Crippen LogP) is 2.60. The van der Waals surface area contributed by atoms with Gasteiger partial charge in [0.05, 0.1) is 16.9 Å². The first-order valence-electron chi connectivity index (χ1n) is 10.1. The van der Waals surface area contributed by atoms with Gasteiger partial charge in [0.25, 0.3) is 5.91 Å². The maximum atomic E-state index is 13.2. The van der Waals surface area contributed by atoms with Crippen molar-refractivity contribution in [2.75, 3.05) is 11.9 Å². The fourth-order valence-corrected chi connectivity index (χ4v) is 4.12. The first kappa shape index (κ1) is 19.3. The van der Waals surface area contributed by atoms with Gasteiger partial charge >= 0.3 is 0 Å². The minimum atomic E-state index is -1.02. The number of fused-ring (bicyclic) bond motifs is 1. The molecule has 0 saturated heterocycles. The van der Waals surface area contributed by atoms with Crippen LogP contribution in [0.25, 0.3) is 0 Å². The Hall–Kier alpha value is -2.99. The number of amides is 2. The van der Waals surface area contributed by atoms with Crippen LogP contribution in [-0.2, 0) is 9.59 Å². The summed E-state index contributed by atoms with van der Waals surface area (Å²) in [6.45, 7) is 0. The Balaban J connectivity index is 1.74. The molecule has 1 atom stereocenters. The van der Waals surface area contributed by atoms with Gasteiger partial charge in [0.1, 0.15) is 0 Å². The Labute approximate surface area is 170 Å². The third-order valence-electron chi connectivity index (χ3n) is 5.86. The summed E-state index contributed by atoms with van der Waals surface area (Å²) in [4.78, 5) is 32.4. The van der Waals surface area contributed by atoms with E-state index in [1.807, 2.05) is 54.6 Å². The van der Waals surface area contributed by atoms with Crippen LogP contribution in [0.2, 0.25) is 0 Å². The van der Waals surface area contributed by atoms with Gasteiger partial charge in [0.2, 0.25) is 12.1 Å². The minimum Gasteiger partial charge on any atom is -0.325 e. The van der Waals surface area contributed by atoms with Crippen molar-refractivity contribution in [2.24, 2.45) is 10.7 Å². The zero-order chi connectivity index (χ0) is 20.4. The normalized spacial score (nSPS) is 21.0. The maximum Gasteiger partial charge on any atom is 0.272 e. The lowest BCUT2D eigenvalue weighted by molar-refractivity contribution is -0.131. The van der Waals surface area contributed by atoms with Crippen LogP contribution >= 0.6 is 0 Å². The van der Waals surface area contributed by atoms with Crippen molar-refractivity contribution in [1.82, 2.24) is 5.32 Å². The van der Waals surface area contributed by atoms with Gasteiger partial charge in [-0.05, 0) is 18.9 Å². The van der Waals surface area contributed by atoms with Gasteiger partial charge in [-0.15, -0.1) is 0 Å². The average Bonchev–Trinajstić information content (AvgIpc) is 2.86. The van der Waals surface area contributed by atoms with Gasteiger partial charge in [0.15, 0.2) is 0 Å². The van der Waals surface area contributed by atoms with Crippen LogP contribution in [0.4, 0.5) is 5.69 Å². The van der Waals surface area contributed by atoms with E-state index in [0.717, 1.165) is 36.1 Å². The second-order valence-electron chi connectivity index (χ2n) is 7.85. The number of nitrogens with zero attached hydrogens (tertiary/aromatic N) is 2. The van der Waals surface area contributed by atoms with Crippen LogP contribution in [-0.4, -0.2) is 36.3 Å². The molecule has 1 aliphatic carbocycles. The lowest BCUT2D eigenvalue weighted by atomic mass is 9.82. The molecule has 0 spiro atoms. The monoisotopic (exact) mass is 390 g/mol. The smallest absolute Gasteiger partial charge is 0.272 e. The van der Waals surface area contributed by atoms with E-state index < -0.39 is 11.7 Å². The number of rotatable bonds is 3. The van der Waals surface area contributed by atoms with Crippen LogP contribution in [0.3, 0.4) is 0 Å². The number of benzodiazepines with no additional fused rings is 1. The molecule has 0 bridgehead atoms. The molecule has 1 aliphatic heterocycles. The largest absolute Gasteiger partial charge is 0.325 e. The molecular weight excluding hydrogens is 364 g/mol. The number of carbonyl (C=O) groups excluding carboxylic acids is 2. The number of nitrogens with one attached hydrogen (secondary N) is 1. The van der Waals surface area contributed by atoms with Crippen molar-refractivity contribution < 1.29 is 9.59 Å². The first-order chi connectivity index (χ1) is 14.0. The molecule has 1 fully saturated rings. The van der Waals surface area contributed by atoms with E-state index >= 15 is 0 Å². The molecule has 1 heterocycles. The molecular formula is C23H26N4O2. The Bertz CT molecular complexity index is 948. The summed E-state index contributed by atoms with van der Waals surface area (Å²) >= 11 is 0. The quantitative estimate of drug-likeness (QED) is 0.844. The molecule has 0 radical (unpaired) electrons. The van der Waals surface area contributed by atoms with E-state index in [0.29, 0.717) is 18.6 Å². The summed E-state index contributed by atoms with van der Waals surface area (Å²) in [5, 5.41) is 2.84. The molecule has 0 aromatic heterocycles. The van der Waals surface area contributed by atoms with E-state index in [1.165, 1.54) is 0 Å². The summed E-state index contributed by atoms with van der Waals surface area (Å²) in [5.41, 5.74) is 8.64. The highest BCUT2D eigenvalue weighted by atomic mass is 16.2. The van der Waals surface area contributed by atoms with Crippen molar-refractivity contribution in [3.8, 4) is 0 Å². The number of hydrogen-bond donors (Lipinski definition) is 2. The molecule has 6 heteroatoms. The highest BCUT2D eigenvalue weighted by molar-refractivity contribution is 6.20. The van der Waals surface area contributed by atoms with E-state index in [1.54, 1.807) is 11.9 Å². The van der Waals surface area contributed by atoms with Crippen molar-refractivity contribution in [3.63, 3.8) is 0 Å². The lowest BCUT2D eigenvalue weighted by Gasteiger charge is -2.33. The third-order valence-corrected chi connectivity index (χ3v) is 5.86. The summed E-state index contributed by atoms with van der Waals surface area (Å²) in [7, 11) is 1.71. The summed E-state index contributed by atoms with van der Waals surface area (Å²) < 4.78 is 0. The van der Waals surface area contributed by atoms with Crippen LogP contribution in [0.5, 0.6) is 0 Å². The van der Waals surface area contributed by atoms with Gasteiger partial charge in [-0.1, -0.05) is 67.8 Å². The molecule has 2 amide bonds. The van der Waals surface area contributed by atoms with E-state index in [2.05, 4.69) is 5.32 Å². The predicted molar refractivity (Wildman–Crippen MR) is 114 cm³/mol. The standard InChI is InChI=1S/C23H26N4O2/c1-27-18-13-7-6-12-17(18)19(16-10-4-2-5-11-16)25-20(21(27)28)26-22(29)23(24)14-8-3-9-15-23/h2,4-7,10-13,20H,3,8-9,14-15,24H2,1H3,(H,26,29). The number of hydrogen-bond acceptors (Lipinski definition) is 4. The van der Waals surface area contributed by atoms with Crippen LogP contribution < -0.4 is 16.0 Å². The number of carbonyl (C=O) groups is 2. The molecule has 29 heavy (non-hydrogen) atoms. The van der Waals surface area contributed by atoms with Crippen LogP contribution in [0.1, 0.15) is 43.2 Å². The van der Waals surface area contributed by atoms with Crippen LogP contribution in [0.15, 0.2) is 59.6 Å². The number of para-hydroxylation sites is 1. The fourth-order valence-electron chi connectivity index (χ4n) is 4.12. The van der Waals surface area contributed by atoms with Crippen molar-refractivity contribution >= 4 is 23.2 Å². The molecule has 4 rings (SSSR count). The Morgan fingerprint density at radius 3 is 2.45 bits per heavy atom. The number of nitrogens with two attached hydrogens (primary N) is 1.